The second-order valence-corrected chi connectivity index (χ2v) is 6.12. The zero-order valence-corrected chi connectivity index (χ0v) is 13.9. The van der Waals surface area contributed by atoms with Gasteiger partial charge in [0.1, 0.15) is 6.54 Å². The summed E-state index contributed by atoms with van der Waals surface area (Å²) in [6.45, 7) is 7.23. The van der Waals surface area contributed by atoms with Crippen LogP contribution >= 0.6 is 0 Å². The van der Waals surface area contributed by atoms with Crippen LogP contribution in [0, 0.1) is 0 Å². The van der Waals surface area contributed by atoms with Crippen molar-refractivity contribution >= 4 is 5.91 Å². The van der Waals surface area contributed by atoms with Gasteiger partial charge in [-0.1, -0.05) is 6.92 Å². The van der Waals surface area contributed by atoms with E-state index in [4.69, 9.17) is 4.74 Å². The first-order valence-electron chi connectivity index (χ1n) is 7.95. The number of morpholine rings is 1. The Bertz CT molecular complexity index is 555. The number of carbonyl (C=O) groups is 1. The van der Waals surface area contributed by atoms with E-state index in [0.717, 1.165) is 36.5 Å². The highest BCUT2D eigenvalue weighted by molar-refractivity contribution is 5.75. The summed E-state index contributed by atoms with van der Waals surface area (Å²) in [5, 5.41) is 6.18. The number of ether oxygens (including phenoxy) is 1. The molecule has 1 unspecified atom stereocenters. The van der Waals surface area contributed by atoms with Gasteiger partial charge in [0.05, 0.1) is 13.2 Å². The molecule has 1 fully saturated rings. The maximum atomic E-state index is 12.5. The second-order valence-electron chi connectivity index (χ2n) is 6.12. The molecular weight excluding hydrogens is 325 g/mol. The minimum atomic E-state index is -4.50. The van der Waals surface area contributed by atoms with Crippen LogP contribution in [0.25, 0.3) is 0 Å². The van der Waals surface area contributed by atoms with Crippen LogP contribution in [0.15, 0.2) is 12.3 Å². The molecule has 0 radical (unpaired) electrons. The Labute approximate surface area is 138 Å². The van der Waals surface area contributed by atoms with Gasteiger partial charge in [-0.3, -0.25) is 14.4 Å². The third-order valence-corrected chi connectivity index (χ3v) is 4.44. The molecule has 24 heavy (non-hydrogen) atoms. The third-order valence-electron chi connectivity index (χ3n) is 4.44. The van der Waals surface area contributed by atoms with Gasteiger partial charge in [0.2, 0.25) is 5.91 Å². The largest absolute Gasteiger partial charge is 0.435 e. The molecule has 0 saturated carbocycles. The molecule has 0 spiro atoms. The highest BCUT2D eigenvalue weighted by Gasteiger charge is 2.34. The Morgan fingerprint density at radius 2 is 2.04 bits per heavy atom. The molecule has 9 heteroatoms. The number of nitrogens with zero attached hydrogens (tertiary/aromatic N) is 3. The van der Waals surface area contributed by atoms with Gasteiger partial charge in [0.15, 0.2) is 5.69 Å². The van der Waals surface area contributed by atoms with E-state index in [1.807, 2.05) is 6.92 Å². The number of hydrogen-bond acceptors (Lipinski definition) is 4. The van der Waals surface area contributed by atoms with E-state index in [2.05, 4.69) is 22.2 Å². The van der Waals surface area contributed by atoms with Crippen LogP contribution in [0.5, 0.6) is 0 Å². The van der Waals surface area contributed by atoms with Gasteiger partial charge >= 0.3 is 6.18 Å². The topological polar surface area (TPSA) is 59.4 Å². The highest BCUT2D eigenvalue weighted by Crippen LogP contribution is 2.27. The maximum Gasteiger partial charge on any atom is 0.435 e. The number of nitrogens with one attached hydrogen (secondary N) is 1. The normalized spacial score (nSPS) is 19.0. The number of hydrogen-bond donors (Lipinski definition) is 1. The molecule has 0 bridgehead atoms. The molecule has 1 aromatic heterocycles. The molecule has 2 rings (SSSR count). The Hall–Kier alpha value is -1.61. The SMILES string of the molecule is CCC(C)(CNC(=O)Cn1ccc(C(F)(F)F)n1)N1CCOCC1. The van der Waals surface area contributed by atoms with Gasteiger partial charge in [-0.25, -0.2) is 0 Å². The number of aromatic nitrogens is 2. The van der Waals surface area contributed by atoms with Gasteiger partial charge in [-0.05, 0) is 19.4 Å². The van der Waals surface area contributed by atoms with E-state index < -0.39 is 11.9 Å². The fourth-order valence-corrected chi connectivity index (χ4v) is 2.66. The quantitative estimate of drug-likeness (QED) is 0.847. The van der Waals surface area contributed by atoms with Gasteiger partial charge in [0.25, 0.3) is 0 Å². The first kappa shape index (κ1) is 18.7. The van der Waals surface area contributed by atoms with E-state index in [9.17, 15) is 18.0 Å². The fraction of sp³-hybridized carbons (Fsp3) is 0.733. The minimum Gasteiger partial charge on any atom is -0.379 e. The molecule has 0 aliphatic carbocycles. The highest BCUT2D eigenvalue weighted by atomic mass is 19.4. The van der Waals surface area contributed by atoms with Crippen molar-refractivity contribution < 1.29 is 22.7 Å². The summed E-state index contributed by atoms with van der Waals surface area (Å²) < 4.78 is 43.8. The van der Waals surface area contributed by atoms with Crippen LogP contribution in [0.3, 0.4) is 0 Å². The van der Waals surface area contributed by atoms with Gasteiger partial charge in [0, 0.05) is 31.4 Å². The Morgan fingerprint density at radius 3 is 2.58 bits per heavy atom. The van der Waals surface area contributed by atoms with E-state index in [0.29, 0.717) is 19.8 Å². The Morgan fingerprint density at radius 1 is 1.38 bits per heavy atom. The predicted octanol–water partition coefficient (Wildman–Crippen LogP) is 1.52. The number of alkyl halides is 3. The predicted molar refractivity (Wildman–Crippen MR) is 81.3 cm³/mol. The standard InChI is InChI=1S/C15H23F3N4O2/c1-3-14(2,21-6-8-24-9-7-21)11-19-13(23)10-22-5-4-12(20-22)15(16,17)18/h4-5H,3,6-11H2,1-2H3,(H,19,23). The van der Waals surface area contributed by atoms with Crippen molar-refractivity contribution in [2.24, 2.45) is 0 Å². The average molecular weight is 348 g/mol. The minimum absolute atomic E-state index is 0.208. The second kappa shape index (κ2) is 7.52. The van der Waals surface area contributed by atoms with Crippen LogP contribution in [0.2, 0.25) is 0 Å². The molecule has 1 saturated heterocycles. The first-order valence-corrected chi connectivity index (χ1v) is 7.95. The van der Waals surface area contributed by atoms with Gasteiger partial charge < -0.3 is 10.1 Å². The summed E-state index contributed by atoms with van der Waals surface area (Å²) in [5.41, 5.74) is -1.21. The number of carbonyl (C=O) groups excluding carboxylic acids is 1. The summed E-state index contributed by atoms with van der Waals surface area (Å²) in [4.78, 5) is 14.3. The monoisotopic (exact) mass is 348 g/mol. The molecule has 0 aromatic carbocycles. The van der Waals surface area contributed by atoms with E-state index in [-0.39, 0.29) is 18.0 Å². The lowest BCUT2D eigenvalue weighted by atomic mass is 9.95. The summed E-state index contributed by atoms with van der Waals surface area (Å²) in [6.07, 6.45) is -2.50. The number of rotatable bonds is 6. The molecule has 6 nitrogen and oxygen atoms in total. The van der Waals surface area contributed by atoms with Crippen LogP contribution < -0.4 is 5.32 Å². The molecule has 1 aliphatic heterocycles. The zero-order valence-electron chi connectivity index (χ0n) is 13.9. The molecule has 1 N–H and O–H groups in total. The van der Waals surface area contributed by atoms with Crippen LogP contribution in [-0.4, -0.2) is 59.0 Å². The fourth-order valence-electron chi connectivity index (χ4n) is 2.66. The first-order chi connectivity index (χ1) is 11.2. The lowest BCUT2D eigenvalue weighted by molar-refractivity contribution is -0.141. The summed E-state index contributed by atoms with van der Waals surface area (Å²) in [5.74, 6) is -0.361. The number of amides is 1. The lowest BCUT2D eigenvalue weighted by Gasteiger charge is -2.43. The summed E-state index contributed by atoms with van der Waals surface area (Å²) >= 11 is 0. The molecule has 2 heterocycles. The van der Waals surface area contributed by atoms with Crippen molar-refractivity contribution in [3.8, 4) is 0 Å². The van der Waals surface area contributed by atoms with Crippen LogP contribution in [-0.2, 0) is 22.3 Å². The van der Waals surface area contributed by atoms with E-state index in [1.54, 1.807) is 0 Å². The molecule has 1 atom stereocenters. The molecule has 136 valence electrons. The van der Waals surface area contributed by atoms with E-state index in [1.165, 1.54) is 0 Å². The van der Waals surface area contributed by atoms with Crippen LogP contribution in [0.1, 0.15) is 26.0 Å². The van der Waals surface area contributed by atoms with Crippen molar-refractivity contribution in [1.82, 2.24) is 20.0 Å². The molecule has 1 amide bonds. The van der Waals surface area contributed by atoms with Crippen molar-refractivity contribution in [1.29, 1.82) is 0 Å². The van der Waals surface area contributed by atoms with Gasteiger partial charge in [-0.2, -0.15) is 18.3 Å². The molecule has 1 aromatic rings. The van der Waals surface area contributed by atoms with E-state index >= 15 is 0 Å². The smallest absolute Gasteiger partial charge is 0.379 e. The third kappa shape index (κ3) is 4.70. The van der Waals surface area contributed by atoms with Crippen molar-refractivity contribution in [2.45, 2.75) is 38.5 Å². The average Bonchev–Trinajstić information content (AvgIpc) is 3.02. The Balaban J connectivity index is 1.88. The zero-order chi connectivity index (χ0) is 17.8. The van der Waals surface area contributed by atoms with Crippen molar-refractivity contribution in [2.75, 3.05) is 32.8 Å². The van der Waals surface area contributed by atoms with Crippen LogP contribution in [0.4, 0.5) is 13.2 Å². The molecular formula is C15H23F3N4O2. The van der Waals surface area contributed by atoms with Gasteiger partial charge in [-0.15, -0.1) is 0 Å². The summed E-state index contributed by atoms with van der Waals surface area (Å²) in [7, 11) is 0. The molecule has 1 aliphatic rings. The summed E-state index contributed by atoms with van der Waals surface area (Å²) in [6, 6.07) is 0.858. The van der Waals surface area contributed by atoms with Crippen molar-refractivity contribution in [3.05, 3.63) is 18.0 Å². The number of halogens is 3. The maximum absolute atomic E-state index is 12.5. The lowest BCUT2D eigenvalue weighted by Crippen LogP contribution is -2.57. The Kier molecular flexibility index (Phi) is 5.87. The van der Waals surface area contributed by atoms with Crippen molar-refractivity contribution in [3.63, 3.8) is 0 Å².